The number of ether oxygens (including phenoxy) is 2. The average Bonchev–Trinajstić information content (AvgIpc) is 2.89. The number of para-hydroxylation sites is 2. The number of hydrogen-bond acceptors (Lipinski definition) is 6. The molecule has 0 saturated heterocycles. The van der Waals surface area contributed by atoms with Crippen molar-refractivity contribution in [3.8, 4) is 11.5 Å². The topological polar surface area (TPSA) is 105 Å². The lowest BCUT2D eigenvalue weighted by atomic mass is 10.1. The van der Waals surface area contributed by atoms with Gasteiger partial charge in [-0.1, -0.05) is 31.2 Å². The van der Waals surface area contributed by atoms with Crippen LogP contribution in [0.15, 0.2) is 48.5 Å². The number of anilines is 1. The standard InChI is InChI=1S/C28H41N3O6S/c1-7-21(3)29-28(33)22(4)30(20-23-13-11-14-24(19-23)36-5)27(32)17-12-18-31(38(6,34)35)25-15-9-10-16-26(25)37-8-2/h9-11,13-16,19,21-22H,7-8,12,17-18,20H2,1-6H3,(H,29,33)/t21-,22+/m1/s1. The summed E-state index contributed by atoms with van der Waals surface area (Å²) >= 11 is 0. The first-order chi connectivity index (χ1) is 18.0. The maximum atomic E-state index is 13.5. The van der Waals surface area contributed by atoms with Crippen LogP contribution >= 0.6 is 0 Å². The van der Waals surface area contributed by atoms with E-state index >= 15 is 0 Å². The Morgan fingerprint density at radius 2 is 1.76 bits per heavy atom. The molecule has 0 unspecified atom stereocenters. The monoisotopic (exact) mass is 547 g/mol. The zero-order valence-corrected chi connectivity index (χ0v) is 24.1. The van der Waals surface area contributed by atoms with Crippen molar-refractivity contribution in [2.75, 3.05) is 30.8 Å². The Balaban J connectivity index is 2.23. The molecule has 0 aromatic heterocycles. The molecule has 0 bridgehead atoms. The first-order valence-corrected chi connectivity index (χ1v) is 14.8. The van der Waals surface area contributed by atoms with E-state index in [9.17, 15) is 18.0 Å². The van der Waals surface area contributed by atoms with E-state index in [0.29, 0.717) is 23.8 Å². The van der Waals surface area contributed by atoms with E-state index in [1.165, 1.54) is 9.21 Å². The van der Waals surface area contributed by atoms with Crippen molar-refractivity contribution in [2.45, 2.75) is 65.6 Å². The van der Waals surface area contributed by atoms with Crippen molar-refractivity contribution in [3.05, 3.63) is 54.1 Å². The number of rotatable bonds is 15. The maximum absolute atomic E-state index is 13.5. The number of carbonyl (C=O) groups excluding carboxylic acids is 2. The molecular formula is C28H41N3O6S. The predicted molar refractivity (Wildman–Crippen MR) is 150 cm³/mol. The van der Waals surface area contributed by atoms with E-state index < -0.39 is 16.1 Å². The minimum absolute atomic E-state index is 0.0209. The Morgan fingerprint density at radius 3 is 2.39 bits per heavy atom. The van der Waals surface area contributed by atoms with E-state index in [0.717, 1.165) is 18.2 Å². The summed E-state index contributed by atoms with van der Waals surface area (Å²) < 4.78 is 37.5. The second kappa shape index (κ2) is 14.6. The number of amides is 2. The molecule has 0 aliphatic carbocycles. The van der Waals surface area contributed by atoms with Crippen molar-refractivity contribution in [3.63, 3.8) is 0 Å². The molecule has 2 atom stereocenters. The number of nitrogens with one attached hydrogen (secondary N) is 1. The van der Waals surface area contributed by atoms with Gasteiger partial charge in [-0.15, -0.1) is 0 Å². The zero-order chi connectivity index (χ0) is 28.3. The van der Waals surface area contributed by atoms with Crippen molar-refractivity contribution in [2.24, 2.45) is 0 Å². The molecule has 1 N–H and O–H groups in total. The SMILES string of the molecule is CCOc1ccccc1N(CCCC(=O)N(Cc1cccc(OC)c1)[C@@H](C)C(=O)N[C@H](C)CC)S(C)(=O)=O. The fourth-order valence-corrected chi connectivity index (χ4v) is 4.91. The molecule has 0 heterocycles. The first kappa shape index (κ1) is 31.0. The minimum Gasteiger partial charge on any atom is -0.497 e. The number of carbonyl (C=O) groups is 2. The molecule has 9 nitrogen and oxygen atoms in total. The van der Waals surface area contributed by atoms with Gasteiger partial charge in [-0.25, -0.2) is 8.42 Å². The van der Waals surface area contributed by atoms with Gasteiger partial charge in [-0.2, -0.15) is 0 Å². The molecule has 0 spiro atoms. The van der Waals surface area contributed by atoms with Crippen LogP contribution in [0, 0.1) is 0 Å². The predicted octanol–water partition coefficient (Wildman–Crippen LogP) is 3.97. The number of benzene rings is 2. The molecule has 0 aliphatic rings. The Bertz CT molecular complexity index is 1170. The lowest BCUT2D eigenvalue weighted by molar-refractivity contribution is -0.140. The molecule has 0 saturated carbocycles. The minimum atomic E-state index is -3.63. The molecule has 0 fully saturated rings. The van der Waals surface area contributed by atoms with Crippen LogP contribution in [-0.2, 0) is 26.2 Å². The van der Waals surface area contributed by atoms with E-state index in [1.54, 1.807) is 38.3 Å². The van der Waals surface area contributed by atoms with E-state index in [-0.39, 0.29) is 43.8 Å². The summed E-state index contributed by atoms with van der Waals surface area (Å²) in [6, 6.07) is 13.5. The summed E-state index contributed by atoms with van der Waals surface area (Å²) in [4.78, 5) is 27.9. The van der Waals surface area contributed by atoms with Gasteiger partial charge in [0.2, 0.25) is 21.8 Å². The Kier molecular flexibility index (Phi) is 11.9. The summed E-state index contributed by atoms with van der Waals surface area (Å²) in [5.41, 5.74) is 1.25. The van der Waals surface area contributed by atoms with Gasteiger partial charge in [0, 0.05) is 25.6 Å². The van der Waals surface area contributed by atoms with Crippen LogP contribution in [-0.4, -0.2) is 63.7 Å². The van der Waals surface area contributed by atoms with Crippen LogP contribution in [0.25, 0.3) is 0 Å². The first-order valence-electron chi connectivity index (χ1n) is 12.9. The highest BCUT2D eigenvalue weighted by atomic mass is 32.2. The van der Waals surface area contributed by atoms with Crippen LogP contribution in [0.1, 0.15) is 52.5 Å². The fraction of sp³-hybridized carbons (Fsp3) is 0.500. The van der Waals surface area contributed by atoms with Gasteiger partial charge in [0.25, 0.3) is 0 Å². The smallest absolute Gasteiger partial charge is 0.242 e. The summed E-state index contributed by atoms with van der Waals surface area (Å²) in [5, 5.41) is 2.95. The third-order valence-electron chi connectivity index (χ3n) is 6.24. The Labute approximate surface area is 227 Å². The van der Waals surface area contributed by atoms with Crippen LogP contribution in [0.4, 0.5) is 5.69 Å². The van der Waals surface area contributed by atoms with Crippen LogP contribution in [0.5, 0.6) is 11.5 Å². The molecule has 2 aromatic rings. The van der Waals surface area contributed by atoms with Crippen LogP contribution in [0.3, 0.4) is 0 Å². The Morgan fingerprint density at radius 1 is 1.05 bits per heavy atom. The normalized spacial score (nSPS) is 12.8. The summed E-state index contributed by atoms with van der Waals surface area (Å²) in [6.07, 6.45) is 2.23. The van der Waals surface area contributed by atoms with Crippen molar-refractivity contribution in [1.82, 2.24) is 10.2 Å². The molecule has 2 amide bonds. The van der Waals surface area contributed by atoms with Crippen LogP contribution in [0.2, 0.25) is 0 Å². The Hall–Kier alpha value is -3.27. The maximum Gasteiger partial charge on any atom is 0.242 e. The van der Waals surface area contributed by atoms with Gasteiger partial charge in [-0.05, 0) is 63.4 Å². The van der Waals surface area contributed by atoms with Crippen LogP contribution < -0.4 is 19.1 Å². The van der Waals surface area contributed by atoms with Crippen molar-refractivity contribution in [1.29, 1.82) is 0 Å². The fourth-order valence-electron chi connectivity index (χ4n) is 3.94. The van der Waals surface area contributed by atoms with Gasteiger partial charge in [-0.3, -0.25) is 13.9 Å². The van der Waals surface area contributed by atoms with Gasteiger partial charge < -0.3 is 19.7 Å². The third kappa shape index (κ3) is 8.93. The molecule has 2 rings (SSSR count). The van der Waals surface area contributed by atoms with Crippen molar-refractivity contribution < 1.29 is 27.5 Å². The molecular weight excluding hydrogens is 506 g/mol. The quantitative estimate of drug-likeness (QED) is 0.362. The lowest BCUT2D eigenvalue weighted by Crippen LogP contribution is -2.49. The highest BCUT2D eigenvalue weighted by Gasteiger charge is 2.28. The molecule has 2 aromatic carbocycles. The van der Waals surface area contributed by atoms with Crippen molar-refractivity contribution >= 4 is 27.5 Å². The second-order valence-electron chi connectivity index (χ2n) is 9.21. The second-order valence-corrected chi connectivity index (χ2v) is 11.1. The average molecular weight is 548 g/mol. The van der Waals surface area contributed by atoms with E-state index in [2.05, 4.69) is 5.32 Å². The molecule has 0 radical (unpaired) electrons. The molecule has 210 valence electrons. The van der Waals surface area contributed by atoms with Gasteiger partial charge in [0.05, 0.1) is 25.7 Å². The number of nitrogens with zero attached hydrogens (tertiary/aromatic N) is 2. The lowest BCUT2D eigenvalue weighted by Gasteiger charge is -2.30. The molecule has 0 aliphatic heterocycles. The molecule has 38 heavy (non-hydrogen) atoms. The molecule has 10 heteroatoms. The summed E-state index contributed by atoms with van der Waals surface area (Å²) in [5.74, 6) is 0.635. The third-order valence-corrected chi connectivity index (χ3v) is 7.42. The number of sulfonamides is 1. The van der Waals surface area contributed by atoms with Gasteiger partial charge in [0.15, 0.2) is 0 Å². The number of hydrogen-bond donors (Lipinski definition) is 1. The summed E-state index contributed by atoms with van der Waals surface area (Å²) in [7, 11) is -2.06. The highest BCUT2D eigenvalue weighted by molar-refractivity contribution is 7.92. The van der Waals surface area contributed by atoms with E-state index in [4.69, 9.17) is 9.47 Å². The highest BCUT2D eigenvalue weighted by Crippen LogP contribution is 2.30. The van der Waals surface area contributed by atoms with E-state index in [1.807, 2.05) is 45.0 Å². The largest absolute Gasteiger partial charge is 0.497 e. The number of methoxy groups -OCH3 is 1. The zero-order valence-electron chi connectivity index (χ0n) is 23.3. The van der Waals surface area contributed by atoms with Gasteiger partial charge >= 0.3 is 0 Å². The summed E-state index contributed by atoms with van der Waals surface area (Å²) in [6.45, 7) is 8.13. The van der Waals surface area contributed by atoms with Gasteiger partial charge in [0.1, 0.15) is 17.5 Å².